The van der Waals surface area contributed by atoms with Crippen LogP contribution in [0.2, 0.25) is 25.1 Å². The van der Waals surface area contributed by atoms with Gasteiger partial charge in [0.25, 0.3) is 5.91 Å². The largest absolute Gasteiger partial charge is 0.342 e. The van der Waals surface area contributed by atoms with Crippen LogP contribution in [0.15, 0.2) is 35.5 Å². The molecule has 0 radical (unpaired) electrons. The summed E-state index contributed by atoms with van der Waals surface area (Å²) in [4.78, 5) is 24.9. The highest BCUT2D eigenvalue weighted by molar-refractivity contribution is 7.99. The normalized spacial score (nSPS) is 11.8. The third kappa shape index (κ3) is 6.47. The summed E-state index contributed by atoms with van der Waals surface area (Å²) in [5.74, 6) is -0.143. The Kier molecular flexibility index (Phi) is 8.77. The quantitative estimate of drug-likeness (QED) is 0.258. The summed E-state index contributed by atoms with van der Waals surface area (Å²) in [7, 11) is 1.74. The Labute approximate surface area is 219 Å². The van der Waals surface area contributed by atoms with Crippen molar-refractivity contribution < 1.29 is 9.59 Å². The van der Waals surface area contributed by atoms with E-state index < -0.39 is 6.04 Å². The Morgan fingerprint density at radius 3 is 2.39 bits per heavy atom. The molecule has 33 heavy (non-hydrogen) atoms. The van der Waals surface area contributed by atoms with Crippen LogP contribution in [0.3, 0.4) is 0 Å². The van der Waals surface area contributed by atoms with Crippen LogP contribution in [0, 0.1) is 0 Å². The van der Waals surface area contributed by atoms with Crippen LogP contribution >= 0.6 is 69.8 Å². The molecule has 1 aromatic heterocycles. The Morgan fingerprint density at radius 2 is 1.70 bits per heavy atom. The molecule has 1 heterocycles. The average molecular weight is 568 g/mol. The van der Waals surface area contributed by atoms with Gasteiger partial charge < -0.3 is 15.2 Å². The van der Waals surface area contributed by atoms with Crippen molar-refractivity contribution in [3.05, 3.63) is 66.8 Å². The van der Waals surface area contributed by atoms with Crippen molar-refractivity contribution in [3.8, 4) is 0 Å². The zero-order valence-electron chi connectivity index (χ0n) is 17.1. The van der Waals surface area contributed by atoms with E-state index in [4.69, 9.17) is 58.0 Å². The van der Waals surface area contributed by atoms with Crippen molar-refractivity contribution in [2.75, 3.05) is 11.1 Å². The molecule has 0 spiro atoms. The van der Waals surface area contributed by atoms with Crippen LogP contribution in [0.1, 0.15) is 29.1 Å². The topological polar surface area (TPSA) is 88.9 Å². The van der Waals surface area contributed by atoms with Crippen molar-refractivity contribution in [3.63, 3.8) is 0 Å². The zero-order chi connectivity index (χ0) is 24.3. The molecule has 0 fully saturated rings. The summed E-state index contributed by atoms with van der Waals surface area (Å²) in [6, 6.07) is 7.09. The van der Waals surface area contributed by atoms with Gasteiger partial charge in [-0.15, -0.1) is 10.2 Å². The predicted molar refractivity (Wildman–Crippen MR) is 134 cm³/mol. The van der Waals surface area contributed by atoms with Gasteiger partial charge in [-0.05, 0) is 37.3 Å². The van der Waals surface area contributed by atoms with Crippen molar-refractivity contribution in [2.24, 2.45) is 7.05 Å². The lowest BCUT2D eigenvalue weighted by atomic mass is 10.2. The SMILES string of the molecule is C[C@H](NC(=O)c1ccc(Cl)cc1Cl)c1nnc(SCC(=O)Nc2cc(Cl)c(Cl)cc2Cl)n1C. The summed E-state index contributed by atoms with van der Waals surface area (Å²) < 4.78 is 1.69. The van der Waals surface area contributed by atoms with Gasteiger partial charge >= 0.3 is 0 Å². The molecule has 13 heteroatoms. The molecular weight excluding hydrogens is 552 g/mol. The molecule has 2 amide bonds. The number of carbonyl (C=O) groups is 2. The van der Waals surface area contributed by atoms with Gasteiger partial charge in [0.2, 0.25) is 5.91 Å². The van der Waals surface area contributed by atoms with Gasteiger partial charge in [0.15, 0.2) is 11.0 Å². The summed E-state index contributed by atoms with van der Waals surface area (Å²) >= 11 is 31.1. The van der Waals surface area contributed by atoms with E-state index in [9.17, 15) is 9.59 Å². The first kappa shape index (κ1) is 25.9. The molecule has 0 unspecified atom stereocenters. The minimum atomic E-state index is -0.472. The van der Waals surface area contributed by atoms with Crippen LogP contribution in [-0.2, 0) is 11.8 Å². The zero-order valence-corrected chi connectivity index (χ0v) is 21.7. The molecule has 0 saturated carbocycles. The van der Waals surface area contributed by atoms with Gasteiger partial charge in [-0.3, -0.25) is 9.59 Å². The lowest BCUT2D eigenvalue weighted by Crippen LogP contribution is -2.28. The summed E-state index contributed by atoms with van der Waals surface area (Å²) in [6.07, 6.45) is 0. The molecule has 2 N–H and O–H groups in total. The third-order valence-corrected chi connectivity index (χ3v) is 7.00. The first-order valence-corrected chi connectivity index (χ1v) is 12.2. The molecule has 2 aromatic carbocycles. The maximum atomic E-state index is 12.6. The monoisotopic (exact) mass is 565 g/mol. The maximum absolute atomic E-state index is 12.6. The Balaban J connectivity index is 1.61. The van der Waals surface area contributed by atoms with Crippen molar-refractivity contribution in [2.45, 2.75) is 18.1 Å². The van der Waals surface area contributed by atoms with Gasteiger partial charge in [0, 0.05) is 12.1 Å². The molecule has 0 bridgehead atoms. The van der Waals surface area contributed by atoms with E-state index >= 15 is 0 Å². The van der Waals surface area contributed by atoms with E-state index in [2.05, 4.69) is 20.8 Å². The lowest BCUT2D eigenvalue weighted by Gasteiger charge is -2.14. The number of rotatable bonds is 7. The number of nitrogens with zero attached hydrogens (tertiary/aromatic N) is 3. The number of halogens is 5. The number of carbonyl (C=O) groups excluding carboxylic acids is 2. The number of amides is 2. The van der Waals surface area contributed by atoms with Crippen molar-refractivity contribution >= 4 is 87.3 Å². The smallest absolute Gasteiger partial charge is 0.253 e. The second-order valence-corrected chi connectivity index (χ2v) is 9.81. The number of anilines is 1. The van der Waals surface area contributed by atoms with Gasteiger partial charge in [-0.25, -0.2) is 0 Å². The third-order valence-electron chi connectivity index (χ3n) is 4.40. The van der Waals surface area contributed by atoms with E-state index in [1.54, 1.807) is 30.7 Å². The highest BCUT2D eigenvalue weighted by Gasteiger charge is 2.20. The average Bonchev–Trinajstić information content (AvgIpc) is 3.10. The Morgan fingerprint density at radius 1 is 1.00 bits per heavy atom. The summed E-state index contributed by atoms with van der Waals surface area (Å²) in [5, 5.41) is 15.8. The molecule has 3 rings (SSSR count). The number of hydrogen-bond donors (Lipinski definition) is 2. The first-order chi connectivity index (χ1) is 15.6. The number of benzene rings is 2. The van der Waals surface area contributed by atoms with E-state index in [-0.39, 0.29) is 32.6 Å². The van der Waals surface area contributed by atoms with Crippen LogP contribution in [0.5, 0.6) is 0 Å². The fraction of sp³-hybridized carbons (Fsp3) is 0.200. The molecule has 1 atom stereocenters. The molecule has 174 valence electrons. The van der Waals surface area contributed by atoms with Crippen LogP contribution in [0.25, 0.3) is 0 Å². The molecule has 0 aliphatic heterocycles. The van der Waals surface area contributed by atoms with E-state index in [0.717, 1.165) is 0 Å². The van der Waals surface area contributed by atoms with Crippen LogP contribution < -0.4 is 10.6 Å². The van der Waals surface area contributed by atoms with Crippen molar-refractivity contribution in [1.82, 2.24) is 20.1 Å². The maximum Gasteiger partial charge on any atom is 0.253 e. The van der Waals surface area contributed by atoms with Gasteiger partial charge in [-0.1, -0.05) is 69.8 Å². The van der Waals surface area contributed by atoms with E-state index in [0.29, 0.717) is 32.3 Å². The second kappa shape index (κ2) is 11.2. The predicted octanol–water partition coefficient (Wildman–Crippen LogP) is 6.30. The molecular formula is C20H16Cl5N5O2S. The van der Waals surface area contributed by atoms with Crippen LogP contribution in [-0.4, -0.2) is 32.3 Å². The first-order valence-electron chi connectivity index (χ1n) is 9.29. The number of thioether (sulfide) groups is 1. The Hall–Kier alpha value is -1.68. The molecule has 0 aliphatic rings. The summed E-state index contributed by atoms with van der Waals surface area (Å²) in [5.41, 5.74) is 0.648. The van der Waals surface area contributed by atoms with Gasteiger partial charge in [0.1, 0.15) is 0 Å². The fourth-order valence-corrected chi connectivity index (χ4v) is 4.58. The summed E-state index contributed by atoms with van der Waals surface area (Å²) in [6.45, 7) is 1.76. The number of nitrogens with one attached hydrogen (secondary N) is 2. The second-order valence-electron chi connectivity index (χ2n) is 6.80. The highest BCUT2D eigenvalue weighted by Crippen LogP contribution is 2.32. The van der Waals surface area contributed by atoms with Crippen LogP contribution in [0.4, 0.5) is 5.69 Å². The fourth-order valence-electron chi connectivity index (χ4n) is 2.78. The lowest BCUT2D eigenvalue weighted by molar-refractivity contribution is -0.113. The standard InChI is InChI=1S/C20H16Cl5N5O2S/c1-9(26-19(32)11-4-3-10(21)5-12(11)22)18-28-29-20(30(18)2)33-8-17(31)27-16-7-14(24)13(23)6-15(16)25/h3-7,9H,8H2,1-2H3,(H,26,32)(H,27,31)/t9-/m0/s1. The minimum absolute atomic E-state index is 0.0453. The van der Waals surface area contributed by atoms with Gasteiger partial charge in [-0.2, -0.15) is 0 Å². The number of hydrogen-bond acceptors (Lipinski definition) is 5. The van der Waals surface area contributed by atoms with E-state index in [1.165, 1.54) is 30.0 Å². The van der Waals surface area contributed by atoms with Crippen molar-refractivity contribution in [1.29, 1.82) is 0 Å². The minimum Gasteiger partial charge on any atom is -0.342 e. The molecule has 7 nitrogen and oxygen atoms in total. The van der Waals surface area contributed by atoms with Gasteiger partial charge in [0.05, 0.1) is 43.1 Å². The molecule has 0 saturated heterocycles. The highest BCUT2D eigenvalue weighted by atomic mass is 35.5. The van der Waals surface area contributed by atoms with E-state index in [1.807, 2.05) is 0 Å². The Bertz CT molecular complexity index is 1220. The molecule has 0 aliphatic carbocycles. The molecule has 3 aromatic rings. The number of aromatic nitrogens is 3.